The van der Waals surface area contributed by atoms with Crippen LogP contribution in [-0.2, 0) is 6.42 Å². The van der Waals surface area contributed by atoms with Gasteiger partial charge in [0.1, 0.15) is 0 Å². The predicted octanol–water partition coefficient (Wildman–Crippen LogP) is 3.04. The van der Waals surface area contributed by atoms with Crippen molar-refractivity contribution >= 4 is 11.6 Å². The Hall–Kier alpha value is -2.29. The first-order chi connectivity index (χ1) is 9.68. The normalized spacial score (nSPS) is 10.1. The van der Waals surface area contributed by atoms with E-state index in [0.717, 1.165) is 18.7 Å². The Morgan fingerprint density at radius 2 is 1.65 bits per heavy atom. The molecular weight excluding hydrogens is 248 g/mol. The van der Waals surface area contributed by atoms with Gasteiger partial charge in [-0.25, -0.2) is 0 Å². The molecule has 3 nitrogen and oxygen atoms in total. The van der Waals surface area contributed by atoms with Crippen LogP contribution in [0.4, 0.5) is 5.69 Å². The number of para-hydroxylation sites is 1. The van der Waals surface area contributed by atoms with Gasteiger partial charge in [0, 0.05) is 26.3 Å². The van der Waals surface area contributed by atoms with E-state index in [0.29, 0.717) is 5.56 Å². The van der Waals surface area contributed by atoms with E-state index in [9.17, 15) is 4.79 Å². The minimum atomic E-state index is 0.0211. The number of nitrogens with zero attached hydrogens (tertiary/aromatic N) is 1. The molecule has 2 aromatic rings. The summed E-state index contributed by atoms with van der Waals surface area (Å²) in [4.78, 5) is 13.7. The highest BCUT2D eigenvalue weighted by atomic mass is 16.2. The van der Waals surface area contributed by atoms with Gasteiger partial charge in [-0.1, -0.05) is 42.5 Å². The smallest absolute Gasteiger partial charge is 0.255 e. The van der Waals surface area contributed by atoms with Crippen LogP contribution in [0.25, 0.3) is 0 Å². The Bertz CT molecular complexity index is 564. The molecule has 0 bridgehead atoms. The average Bonchev–Trinajstić information content (AvgIpc) is 2.48. The lowest BCUT2D eigenvalue weighted by atomic mass is 10.1. The zero-order valence-corrected chi connectivity index (χ0v) is 12.0. The van der Waals surface area contributed by atoms with Crippen molar-refractivity contribution in [2.24, 2.45) is 0 Å². The summed E-state index contributed by atoms with van der Waals surface area (Å²) in [6.45, 7) is 0.807. The van der Waals surface area contributed by atoms with Crippen molar-refractivity contribution in [3.05, 3.63) is 65.7 Å². The van der Waals surface area contributed by atoms with Crippen molar-refractivity contribution < 1.29 is 4.79 Å². The number of rotatable bonds is 5. The summed E-state index contributed by atoms with van der Waals surface area (Å²) < 4.78 is 0. The van der Waals surface area contributed by atoms with Crippen molar-refractivity contribution in [2.75, 3.05) is 26.0 Å². The third-order valence-electron chi connectivity index (χ3n) is 3.14. The lowest BCUT2D eigenvalue weighted by Crippen LogP contribution is -2.23. The Kier molecular flexibility index (Phi) is 4.77. The zero-order valence-electron chi connectivity index (χ0n) is 12.0. The number of carbonyl (C=O) groups excluding carboxylic acids is 1. The van der Waals surface area contributed by atoms with Gasteiger partial charge >= 0.3 is 0 Å². The van der Waals surface area contributed by atoms with Crippen LogP contribution in [0.3, 0.4) is 0 Å². The first kappa shape index (κ1) is 14.1. The first-order valence-electron chi connectivity index (χ1n) is 6.77. The largest absolute Gasteiger partial charge is 0.384 e. The second-order valence-corrected chi connectivity index (χ2v) is 4.91. The number of anilines is 1. The number of hydrogen-bond acceptors (Lipinski definition) is 2. The second-order valence-electron chi connectivity index (χ2n) is 4.91. The number of carbonyl (C=O) groups is 1. The number of hydrogen-bond donors (Lipinski definition) is 1. The van der Waals surface area contributed by atoms with Crippen molar-refractivity contribution in [3.63, 3.8) is 0 Å². The van der Waals surface area contributed by atoms with E-state index >= 15 is 0 Å². The van der Waals surface area contributed by atoms with Crippen LogP contribution in [0, 0.1) is 0 Å². The van der Waals surface area contributed by atoms with Gasteiger partial charge in [0.05, 0.1) is 5.56 Å². The van der Waals surface area contributed by atoms with Crippen LogP contribution in [0.2, 0.25) is 0 Å². The third-order valence-corrected chi connectivity index (χ3v) is 3.14. The summed E-state index contributed by atoms with van der Waals surface area (Å²) in [5.41, 5.74) is 2.89. The van der Waals surface area contributed by atoms with Crippen LogP contribution in [0.1, 0.15) is 15.9 Å². The molecule has 20 heavy (non-hydrogen) atoms. The highest BCUT2D eigenvalue weighted by molar-refractivity contribution is 5.99. The lowest BCUT2D eigenvalue weighted by Gasteiger charge is -2.15. The lowest BCUT2D eigenvalue weighted by molar-refractivity contribution is 0.0828. The molecule has 0 fully saturated rings. The number of amides is 1. The molecule has 2 aromatic carbocycles. The van der Waals surface area contributed by atoms with E-state index < -0.39 is 0 Å². The van der Waals surface area contributed by atoms with E-state index in [1.807, 2.05) is 42.5 Å². The molecule has 0 aromatic heterocycles. The van der Waals surface area contributed by atoms with Crippen LogP contribution < -0.4 is 5.32 Å². The topological polar surface area (TPSA) is 32.3 Å². The molecule has 0 aliphatic rings. The van der Waals surface area contributed by atoms with E-state index in [1.54, 1.807) is 19.0 Å². The first-order valence-corrected chi connectivity index (χ1v) is 6.77. The Balaban J connectivity index is 2.01. The second kappa shape index (κ2) is 6.75. The molecule has 0 aliphatic heterocycles. The minimum absolute atomic E-state index is 0.0211. The van der Waals surface area contributed by atoms with Crippen molar-refractivity contribution in [1.82, 2.24) is 4.90 Å². The molecule has 0 atom stereocenters. The Labute approximate surface area is 120 Å². The average molecular weight is 268 g/mol. The molecule has 0 aliphatic carbocycles. The summed E-state index contributed by atoms with van der Waals surface area (Å²) in [6, 6.07) is 17.9. The van der Waals surface area contributed by atoms with Gasteiger partial charge in [-0.15, -0.1) is 0 Å². The molecule has 0 heterocycles. The van der Waals surface area contributed by atoms with Crippen LogP contribution >= 0.6 is 0 Å². The molecule has 3 heteroatoms. The van der Waals surface area contributed by atoms with Gasteiger partial charge in [0.25, 0.3) is 5.91 Å². The van der Waals surface area contributed by atoms with Gasteiger partial charge in [-0.05, 0) is 24.1 Å². The van der Waals surface area contributed by atoms with Gasteiger partial charge in [-0.2, -0.15) is 0 Å². The highest BCUT2D eigenvalue weighted by Crippen LogP contribution is 2.16. The van der Waals surface area contributed by atoms with E-state index in [-0.39, 0.29) is 5.91 Å². The van der Waals surface area contributed by atoms with E-state index in [4.69, 9.17) is 0 Å². The van der Waals surface area contributed by atoms with E-state index in [2.05, 4.69) is 17.4 Å². The van der Waals surface area contributed by atoms with Gasteiger partial charge in [0.2, 0.25) is 0 Å². The van der Waals surface area contributed by atoms with E-state index in [1.165, 1.54) is 5.56 Å². The molecular formula is C17H20N2O. The summed E-state index contributed by atoms with van der Waals surface area (Å²) in [6.07, 6.45) is 0.936. The molecule has 1 N–H and O–H groups in total. The van der Waals surface area contributed by atoms with Crippen molar-refractivity contribution in [1.29, 1.82) is 0 Å². The summed E-state index contributed by atoms with van der Waals surface area (Å²) in [5.74, 6) is 0.0211. The van der Waals surface area contributed by atoms with Crippen LogP contribution in [-0.4, -0.2) is 31.4 Å². The number of nitrogens with one attached hydrogen (secondary N) is 1. The van der Waals surface area contributed by atoms with Gasteiger partial charge in [0.15, 0.2) is 0 Å². The standard InChI is InChI=1S/C17H20N2O/c1-19(2)17(20)15-10-6-7-11-16(15)18-13-12-14-8-4-3-5-9-14/h3-11,18H,12-13H2,1-2H3. The maximum atomic E-state index is 12.1. The molecule has 1 amide bonds. The molecule has 0 saturated heterocycles. The quantitative estimate of drug-likeness (QED) is 0.904. The SMILES string of the molecule is CN(C)C(=O)c1ccccc1NCCc1ccccc1. The summed E-state index contributed by atoms with van der Waals surface area (Å²) in [7, 11) is 3.53. The summed E-state index contributed by atoms with van der Waals surface area (Å²) in [5, 5.41) is 3.35. The molecule has 2 rings (SSSR count). The molecule has 0 saturated carbocycles. The third kappa shape index (κ3) is 3.60. The highest BCUT2D eigenvalue weighted by Gasteiger charge is 2.11. The Morgan fingerprint density at radius 3 is 2.35 bits per heavy atom. The molecule has 0 radical (unpaired) electrons. The van der Waals surface area contributed by atoms with Crippen LogP contribution in [0.15, 0.2) is 54.6 Å². The zero-order chi connectivity index (χ0) is 14.4. The molecule has 104 valence electrons. The van der Waals surface area contributed by atoms with Crippen molar-refractivity contribution in [3.8, 4) is 0 Å². The van der Waals surface area contributed by atoms with Gasteiger partial charge < -0.3 is 10.2 Å². The number of benzene rings is 2. The fourth-order valence-electron chi connectivity index (χ4n) is 2.05. The predicted molar refractivity (Wildman–Crippen MR) is 83.1 cm³/mol. The van der Waals surface area contributed by atoms with Gasteiger partial charge in [-0.3, -0.25) is 4.79 Å². The fraction of sp³-hybridized carbons (Fsp3) is 0.235. The maximum absolute atomic E-state index is 12.1. The monoisotopic (exact) mass is 268 g/mol. The molecule has 0 unspecified atom stereocenters. The molecule has 0 spiro atoms. The van der Waals surface area contributed by atoms with Crippen molar-refractivity contribution in [2.45, 2.75) is 6.42 Å². The Morgan fingerprint density at radius 1 is 1.00 bits per heavy atom. The van der Waals surface area contributed by atoms with Crippen LogP contribution in [0.5, 0.6) is 0 Å². The summed E-state index contributed by atoms with van der Waals surface area (Å²) >= 11 is 0. The maximum Gasteiger partial charge on any atom is 0.255 e. The minimum Gasteiger partial charge on any atom is -0.384 e. The fourth-order valence-corrected chi connectivity index (χ4v) is 2.05.